The summed E-state index contributed by atoms with van der Waals surface area (Å²) in [5.41, 5.74) is 5.63. The third-order valence-electron chi connectivity index (χ3n) is 4.29. The molecule has 0 aliphatic rings. The molecule has 1 nitrogen and oxygen atoms in total. The monoisotopic (exact) mass is 288 g/mol. The number of ether oxygens (including phenoxy) is 1. The first-order chi connectivity index (χ1) is 10.1. The summed E-state index contributed by atoms with van der Waals surface area (Å²) in [5, 5.41) is 0. The van der Waals surface area contributed by atoms with Crippen molar-refractivity contribution in [3.05, 3.63) is 40.5 Å². The van der Waals surface area contributed by atoms with Crippen molar-refractivity contribution in [1.82, 2.24) is 0 Å². The summed E-state index contributed by atoms with van der Waals surface area (Å²) in [6.07, 6.45) is 9.11. The van der Waals surface area contributed by atoms with E-state index in [-0.39, 0.29) is 0 Å². The lowest BCUT2D eigenvalue weighted by molar-refractivity contribution is 0.314. The van der Waals surface area contributed by atoms with Gasteiger partial charge in [-0.15, -0.1) is 0 Å². The molecule has 0 bridgehead atoms. The number of hydrogen-bond acceptors (Lipinski definition) is 1. The molecule has 1 aromatic carbocycles. The van der Waals surface area contributed by atoms with Gasteiger partial charge in [-0.2, -0.15) is 0 Å². The molecular weight excluding hydrogens is 256 g/mol. The summed E-state index contributed by atoms with van der Waals surface area (Å²) in [5.74, 6) is 1.68. The Morgan fingerprint density at radius 1 is 1.05 bits per heavy atom. The largest absolute Gasteiger partial charge is 0.493 e. The van der Waals surface area contributed by atoms with E-state index >= 15 is 0 Å². The minimum atomic E-state index is 0.617. The second kappa shape index (κ2) is 8.92. The van der Waals surface area contributed by atoms with Gasteiger partial charge in [-0.3, -0.25) is 0 Å². The number of rotatable bonds is 8. The summed E-state index contributed by atoms with van der Waals surface area (Å²) in [4.78, 5) is 0. The molecule has 1 heteroatoms. The van der Waals surface area contributed by atoms with Gasteiger partial charge in [-0.05, 0) is 80.7 Å². The molecule has 1 rings (SSSR count). The molecular formula is C20H32O. The Hall–Kier alpha value is -1.24. The standard InChI is InChI=1S/C20H32O/c1-7-10-11-12-18(9-3)20-15(4)14-19(21-13-8-2)16(5)17(20)6/h10-11,14,18H,7-9,12-13H2,1-6H3/b11-10-. The van der Waals surface area contributed by atoms with Crippen LogP contribution >= 0.6 is 0 Å². The van der Waals surface area contributed by atoms with Gasteiger partial charge < -0.3 is 4.74 Å². The zero-order chi connectivity index (χ0) is 15.8. The predicted molar refractivity (Wildman–Crippen MR) is 93.5 cm³/mol. The molecule has 0 aliphatic heterocycles. The van der Waals surface area contributed by atoms with E-state index in [1.807, 2.05) is 0 Å². The lowest BCUT2D eigenvalue weighted by atomic mass is 9.84. The summed E-state index contributed by atoms with van der Waals surface area (Å²) < 4.78 is 5.90. The van der Waals surface area contributed by atoms with Gasteiger partial charge in [0.25, 0.3) is 0 Å². The van der Waals surface area contributed by atoms with Crippen LogP contribution in [0.5, 0.6) is 5.75 Å². The van der Waals surface area contributed by atoms with E-state index < -0.39 is 0 Å². The van der Waals surface area contributed by atoms with Crippen LogP contribution in [0, 0.1) is 20.8 Å². The van der Waals surface area contributed by atoms with E-state index in [0.717, 1.165) is 31.6 Å². The smallest absolute Gasteiger partial charge is 0.122 e. The van der Waals surface area contributed by atoms with E-state index in [0.29, 0.717) is 5.92 Å². The summed E-state index contributed by atoms with van der Waals surface area (Å²) in [7, 11) is 0. The van der Waals surface area contributed by atoms with Gasteiger partial charge in [0.1, 0.15) is 5.75 Å². The quantitative estimate of drug-likeness (QED) is 0.514. The van der Waals surface area contributed by atoms with Crippen molar-refractivity contribution < 1.29 is 4.74 Å². The van der Waals surface area contributed by atoms with Crippen LogP contribution in [0.1, 0.15) is 74.6 Å². The van der Waals surface area contributed by atoms with Gasteiger partial charge in [0.05, 0.1) is 6.61 Å². The minimum Gasteiger partial charge on any atom is -0.493 e. The summed E-state index contributed by atoms with van der Waals surface area (Å²) in [6.45, 7) is 14.1. The van der Waals surface area contributed by atoms with E-state index in [4.69, 9.17) is 4.74 Å². The number of hydrogen-bond donors (Lipinski definition) is 0. The van der Waals surface area contributed by atoms with Crippen LogP contribution in [0.25, 0.3) is 0 Å². The number of benzene rings is 1. The van der Waals surface area contributed by atoms with Crippen LogP contribution < -0.4 is 4.74 Å². The number of allylic oxidation sites excluding steroid dienone is 2. The minimum absolute atomic E-state index is 0.617. The van der Waals surface area contributed by atoms with Crippen LogP contribution in [-0.4, -0.2) is 6.61 Å². The van der Waals surface area contributed by atoms with Crippen LogP contribution in [0.4, 0.5) is 0 Å². The molecule has 0 heterocycles. The Bertz CT molecular complexity index is 471. The van der Waals surface area contributed by atoms with Crippen molar-refractivity contribution in [2.24, 2.45) is 0 Å². The number of aryl methyl sites for hydroxylation is 1. The molecule has 0 saturated carbocycles. The molecule has 0 radical (unpaired) electrons. The molecule has 0 amide bonds. The highest BCUT2D eigenvalue weighted by Gasteiger charge is 2.17. The van der Waals surface area contributed by atoms with Crippen LogP contribution in [0.3, 0.4) is 0 Å². The summed E-state index contributed by atoms with van der Waals surface area (Å²) in [6, 6.07) is 2.24. The highest BCUT2D eigenvalue weighted by Crippen LogP contribution is 2.35. The highest BCUT2D eigenvalue weighted by atomic mass is 16.5. The van der Waals surface area contributed by atoms with Gasteiger partial charge in [0.15, 0.2) is 0 Å². The Kier molecular flexibility index (Phi) is 7.56. The van der Waals surface area contributed by atoms with Crippen molar-refractivity contribution in [3.8, 4) is 5.75 Å². The maximum atomic E-state index is 5.90. The normalized spacial score (nSPS) is 12.9. The third kappa shape index (κ3) is 4.62. The van der Waals surface area contributed by atoms with Crippen molar-refractivity contribution in [3.63, 3.8) is 0 Å². The first-order valence-electron chi connectivity index (χ1n) is 8.45. The zero-order valence-corrected chi connectivity index (χ0v) is 14.8. The maximum absolute atomic E-state index is 5.90. The fourth-order valence-corrected chi connectivity index (χ4v) is 2.97. The lowest BCUT2D eigenvalue weighted by Crippen LogP contribution is -2.06. The molecule has 118 valence electrons. The van der Waals surface area contributed by atoms with E-state index in [9.17, 15) is 0 Å². The maximum Gasteiger partial charge on any atom is 0.122 e. The van der Waals surface area contributed by atoms with Gasteiger partial charge in [0.2, 0.25) is 0 Å². The SMILES string of the molecule is CC/C=C\CC(CC)c1c(C)cc(OCCC)c(C)c1C. The van der Waals surface area contributed by atoms with Crippen LogP contribution in [-0.2, 0) is 0 Å². The van der Waals surface area contributed by atoms with Crippen molar-refractivity contribution in [2.75, 3.05) is 6.61 Å². The van der Waals surface area contributed by atoms with E-state index in [1.54, 1.807) is 0 Å². The molecule has 1 aromatic rings. The lowest BCUT2D eigenvalue weighted by Gasteiger charge is -2.23. The fourth-order valence-electron chi connectivity index (χ4n) is 2.97. The van der Waals surface area contributed by atoms with Crippen molar-refractivity contribution in [1.29, 1.82) is 0 Å². The molecule has 0 aromatic heterocycles. The van der Waals surface area contributed by atoms with Gasteiger partial charge >= 0.3 is 0 Å². The molecule has 0 N–H and O–H groups in total. The Labute approximate surface area is 131 Å². The van der Waals surface area contributed by atoms with Crippen LogP contribution in [0.2, 0.25) is 0 Å². The van der Waals surface area contributed by atoms with Gasteiger partial charge in [0, 0.05) is 0 Å². The molecule has 0 spiro atoms. The zero-order valence-electron chi connectivity index (χ0n) is 14.8. The molecule has 1 atom stereocenters. The van der Waals surface area contributed by atoms with Gasteiger partial charge in [-0.1, -0.05) is 32.9 Å². The first-order valence-corrected chi connectivity index (χ1v) is 8.45. The third-order valence-corrected chi connectivity index (χ3v) is 4.29. The molecule has 0 fully saturated rings. The average Bonchev–Trinajstić information content (AvgIpc) is 2.48. The second-order valence-electron chi connectivity index (χ2n) is 5.92. The Balaban J connectivity index is 3.11. The highest BCUT2D eigenvalue weighted by molar-refractivity contribution is 5.49. The van der Waals surface area contributed by atoms with Crippen LogP contribution in [0.15, 0.2) is 18.2 Å². The molecule has 0 aliphatic carbocycles. The second-order valence-corrected chi connectivity index (χ2v) is 5.92. The first kappa shape index (κ1) is 17.8. The van der Waals surface area contributed by atoms with Gasteiger partial charge in [-0.25, -0.2) is 0 Å². The predicted octanol–water partition coefficient (Wildman–Crippen LogP) is 6.25. The Morgan fingerprint density at radius 3 is 2.33 bits per heavy atom. The average molecular weight is 288 g/mol. The Morgan fingerprint density at radius 2 is 1.76 bits per heavy atom. The van der Waals surface area contributed by atoms with Crippen molar-refractivity contribution in [2.45, 2.75) is 73.1 Å². The fraction of sp³-hybridized carbons (Fsp3) is 0.600. The topological polar surface area (TPSA) is 9.23 Å². The molecule has 21 heavy (non-hydrogen) atoms. The molecule has 1 unspecified atom stereocenters. The summed E-state index contributed by atoms with van der Waals surface area (Å²) >= 11 is 0. The van der Waals surface area contributed by atoms with Crippen molar-refractivity contribution >= 4 is 0 Å². The molecule has 0 saturated heterocycles. The van der Waals surface area contributed by atoms with E-state index in [1.165, 1.54) is 28.7 Å². The van der Waals surface area contributed by atoms with E-state index in [2.05, 4.69) is 59.8 Å².